The summed E-state index contributed by atoms with van der Waals surface area (Å²) in [6.45, 7) is 3.37. The molecule has 0 aromatic heterocycles. The molecular formula is C15H21NO2. The van der Waals surface area contributed by atoms with Crippen LogP contribution < -0.4 is 0 Å². The maximum absolute atomic E-state index is 9.29. The molecule has 0 radical (unpaired) electrons. The van der Waals surface area contributed by atoms with Gasteiger partial charge in [0.1, 0.15) is 0 Å². The first-order valence-electron chi connectivity index (χ1n) is 6.17. The van der Waals surface area contributed by atoms with E-state index in [4.69, 9.17) is 5.11 Å². The van der Waals surface area contributed by atoms with Gasteiger partial charge in [0.05, 0.1) is 12.7 Å². The quantitative estimate of drug-likeness (QED) is 0.769. The number of rotatable bonds is 5. The number of hydrogen-bond acceptors (Lipinski definition) is 3. The van der Waals surface area contributed by atoms with Gasteiger partial charge in [0.15, 0.2) is 0 Å². The molecule has 0 amide bonds. The van der Waals surface area contributed by atoms with Crippen molar-refractivity contribution in [1.82, 2.24) is 4.90 Å². The molecule has 1 aromatic rings. The minimum absolute atomic E-state index is 0.106. The Morgan fingerprint density at radius 2 is 1.94 bits per heavy atom. The fourth-order valence-corrected chi connectivity index (χ4v) is 1.74. The molecule has 0 spiro atoms. The maximum Gasteiger partial charge on any atom is 0.0639 e. The van der Waals surface area contributed by atoms with Gasteiger partial charge in [-0.15, -0.1) is 0 Å². The first-order valence-corrected chi connectivity index (χ1v) is 6.17. The van der Waals surface area contributed by atoms with Crippen molar-refractivity contribution < 1.29 is 10.2 Å². The third-order valence-corrected chi connectivity index (χ3v) is 2.45. The number of likely N-dealkylation sites (N-methyl/N-ethyl adjacent to an activating group) is 1. The molecular weight excluding hydrogens is 226 g/mol. The van der Waals surface area contributed by atoms with Crippen LogP contribution in [0.1, 0.15) is 24.5 Å². The van der Waals surface area contributed by atoms with Crippen LogP contribution in [-0.4, -0.2) is 41.4 Å². The summed E-state index contributed by atoms with van der Waals surface area (Å²) in [5.74, 6) is 5.89. The van der Waals surface area contributed by atoms with Gasteiger partial charge in [-0.05, 0) is 31.7 Å². The molecule has 2 N–H and O–H groups in total. The standard InChI is InChI=1S/C15H21NO2/c1-13(18)11-16(2)12-15-8-6-14(7-9-15)5-3-4-10-17/h6-9,13,17-18H,4,10-12H2,1-2H3. The molecule has 0 aliphatic rings. The third kappa shape index (κ3) is 5.83. The van der Waals surface area contributed by atoms with Crippen LogP contribution >= 0.6 is 0 Å². The van der Waals surface area contributed by atoms with Crippen molar-refractivity contribution in [2.75, 3.05) is 20.2 Å². The molecule has 3 heteroatoms. The molecule has 98 valence electrons. The highest BCUT2D eigenvalue weighted by Crippen LogP contribution is 2.06. The molecule has 0 aliphatic carbocycles. The van der Waals surface area contributed by atoms with Gasteiger partial charge in [0.25, 0.3) is 0 Å². The normalized spacial score (nSPS) is 12.1. The molecule has 0 saturated heterocycles. The SMILES string of the molecule is CC(O)CN(C)Cc1ccc(C#CCCO)cc1. The summed E-state index contributed by atoms with van der Waals surface area (Å²) >= 11 is 0. The molecule has 3 nitrogen and oxygen atoms in total. The van der Waals surface area contributed by atoms with Gasteiger partial charge in [-0.2, -0.15) is 0 Å². The average Bonchev–Trinajstić information content (AvgIpc) is 2.30. The predicted molar refractivity (Wildman–Crippen MR) is 73.0 cm³/mol. The molecule has 1 unspecified atom stereocenters. The number of hydrogen-bond donors (Lipinski definition) is 2. The van der Waals surface area contributed by atoms with Crippen molar-refractivity contribution in [3.8, 4) is 11.8 Å². The summed E-state index contributed by atoms with van der Waals surface area (Å²) in [5.41, 5.74) is 2.16. The largest absolute Gasteiger partial charge is 0.395 e. The lowest BCUT2D eigenvalue weighted by atomic mass is 10.1. The van der Waals surface area contributed by atoms with Crippen LogP contribution in [0.15, 0.2) is 24.3 Å². The van der Waals surface area contributed by atoms with E-state index < -0.39 is 0 Å². The van der Waals surface area contributed by atoms with Crippen LogP contribution in [0, 0.1) is 11.8 Å². The summed E-state index contributed by atoms with van der Waals surface area (Å²) in [7, 11) is 1.99. The van der Waals surface area contributed by atoms with E-state index in [-0.39, 0.29) is 12.7 Å². The van der Waals surface area contributed by atoms with Crippen LogP contribution in [0.4, 0.5) is 0 Å². The van der Waals surface area contributed by atoms with E-state index in [1.54, 1.807) is 6.92 Å². The lowest BCUT2D eigenvalue weighted by Gasteiger charge is -2.18. The van der Waals surface area contributed by atoms with Crippen molar-refractivity contribution in [3.05, 3.63) is 35.4 Å². The average molecular weight is 247 g/mol. The second kappa shape index (κ2) is 7.88. The minimum Gasteiger partial charge on any atom is -0.395 e. The smallest absolute Gasteiger partial charge is 0.0639 e. The maximum atomic E-state index is 9.29. The molecule has 1 aromatic carbocycles. The fraction of sp³-hybridized carbons (Fsp3) is 0.467. The zero-order valence-electron chi connectivity index (χ0n) is 11.1. The monoisotopic (exact) mass is 247 g/mol. The number of aliphatic hydroxyl groups is 2. The van der Waals surface area contributed by atoms with Crippen molar-refractivity contribution in [1.29, 1.82) is 0 Å². The van der Waals surface area contributed by atoms with E-state index in [0.717, 1.165) is 12.1 Å². The van der Waals surface area contributed by atoms with Crippen LogP contribution in [0.3, 0.4) is 0 Å². The Labute approximate surface area is 109 Å². The Hall–Kier alpha value is -1.34. The van der Waals surface area contributed by atoms with Gasteiger partial charge in [0.2, 0.25) is 0 Å². The molecule has 0 bridgehead atoms. The van der Waals surface area contributed by atoms with Gasteiger partial charge >= 0.3 is 0 Å². The van der Waals surface area contributed by atoms with Crippen LogP contribution in [0.2, 0.25) is 0 Å². The Kier molecular flexibility index (Phi) is 6.45. The Morgan fingerprint density at radius 3 is 2.50 bits per heavy atom. The highest BCUT2D eigenvalue weighted by molar-refractivity contribution is 5.36. The van der Waals surface area contributed by atoms with Crippen molar-refractivity contribution in [2.24, 2.45) is 0 Å². The summed E-state index contributed by atoms with van der Waals surface area (Å²) in [6, 6.07) is 8.05. The molecule has 0 aliphatic heterocycles. The van der Waals surface area contributed by atoms with Gasteiger partial charge in [-0.3, -0.25) is 4.90 Å². The van der Waals surface area contributed by atoms with E-state index in [2.05, 4.69) is 16.7 Å². The van der Waals surface area contributed by atoms with Gasteiger partial charge in [-0.25, -0.2) is 0 Å². The van der Waals surface area contributed by atoms with E-state index in [9.17, 15) is 5.11 Å². The number of nitrogens with zero attached hydrogens (tertiary/aromatic N) is 1. The summed E-state index contributed by atoms with van der Waals surface area (Å²) < 4.78 is 0. The Morgan fingerprint density at radius 1 is 1.28 bits per heavy atom. The molecule has 18 heavy (non-hydrogen) atoms. The highest BCUT2D eigenvalue weighted by Gasteiger charge is 2.03. The topological polar surface area (TPSA) is 43.7 Å². The van der Waals surface area contributed by atoms with Gasteiger partial charge < -0.3 is 10.2 Å². The van der Waals surface area contributed by atoms with Gasteiger partial charge in [0, 0.05) is 25.1 Å². The zero-order valence-corrected chi connectivity index (χ0v) is 11.1. The van der Waals surface area contributed by atoms with Crippen LogP contribution in [0.5, 0.6) is 0 Å². The minimum atomic E-state index is -0.307. The van der Waals surface area contributed by atoms with E-state index in [1.165, 1.54) is 5.56 Å². The lowest BCUT2D eigenvalue weighted by Crippen LogP contribution is -2.26. The Bertz CT molecular complexity index is 401. The van der Waals surface area contributed by atoms with Crippen molar-refractivity contribution in [3.63, 3.8) is 0 Å². The van der Waals surface area contributed by atoms with Crippen LogP contribution in [-0.2, 0) is 6.54 Å². The lowest BCUT2D eigenvalue weighted by molar-refractivity contribution is 0.138. The summed E-state index contributed by atoms with van der Waals surface area (Å²) in [4.78, 5) is 2.08. The van der Waals surface area contributed by atoms with Crippen molar-refractivity contribution >= 4 is 0 Å². The molecule has 1 atom stereocenters. The molecule has 1 rings (SSSR count). The first-order chi connectivity index (χ1) is 8.61. The van der Waals surface area contributed by atoms with E-state index in [1.807, 2.05) is 31.3 Å². The first kappa shape index (κ1) is 14.7. The number of benzene rings is 1. The van der Waals surface area contributed by atoms with E-state index in [0.29, 0.717) is 13.0 Å². The molecule has 0 saturated carbocycles. The van der Waals surface area contributed by atoms with Gasteiger partial charge in [-0.1, -0.05) is 24.0 Å². The summed E-state index contributed by atoms with van der Waals surface area (Å²) in [5, 5.41) is 17.9. The van der Waals surface area contributed by atoms with E-state index >= 15 is 0 Å². The van der Waals surface area contributed by atoms with Crippen LogP contribution in [0.25, 0.3) is 0 Å². The Balaban J connectivity index is 2.53. The molecule has 0 fully saturated rings. The highest BCUT2D eigenvalue weighted by atomic mass is 16.3. The summed E-state index contributed by atoms with van der Waals surface area (Å²) in [6.07, 6.45) is 0.206. The zero-order chi connectivity index (χ0) is 13.4. The second-order valence-corrected chi connectivity index (χ2v) is 4.52. The van der Waals surface area contributed by atoms with Crippen molar-refractivity contribution in [2.45, 2.75) is 26.0 Å². The third-order valence-electron chi connectivity index (χ3n) is 2.45. The second-order valence-electron chi connectivity index (χ2n) is 4.52. The predicted octanol–water partition coefficient (Wildman–Crippen LogP) is 1.23. The fourth-order valence-electron chi connectivity index (χ4n) is 1.74. The number of aliphatic hydroxyl groups excluding tert-OH is 2. The molecule has 0 heterocycles.